The van der Waals surface area contributed by atoms with Crippen molar-refractivity contribution in [3.63, 3.8) is 0 Å². The van der Waals surface area contributed by atoms with Crippen LogP contribution in [0.3, 0.4) is 0 Å². The van der Waals surface area contributed by atoms with E-state index in [0.717, 1.165) is 12.8 Å². The zero-order chi connectivity index (χ0) is 17.5. The summed E-state index contributed by atoms with van der Waals surface area (Å²) < 4.78 is 9.58. The van der Waals surface area contributed by atoms with E-state index >= 15 is 0 Å². The van der Waals surface area contributed by atoms with Crippen molar-refractivity contribution in [2.24, 2.45) is 5.92 Å². The third kappa shape index (κ3) is 13.5. The van der Waals surface area contributed by atoms with Gasteiger partial charge >= 0.3 is 11.9 Å². The molecule has 1 aromatic rings. The minimum Gasteiger partial charge on any atom is -0.466 e. The van der Waals surface area contributed by atoms with Crippen molar-refractivity contribution in [2.75, 3.05) is 13.2 Å². The molecule has 0 aliphatic heterocycles. The highest BCUT2D eigenvalue weighted by atomic mass is 16.5. The molecule has 0 aliphatic rings. The van der Waals surface area contributed by atoms with Crippen LogP contribution in [0.25, 0.3) is 0 Å². The number of benzene rings is 1. The van der Waals surface area contributed by atoms with E-state index in [-0.39, 0.29) is 11.9 Å². The molecule has 0 saturated heterocycles. The molecule has 4 nitrogen and oxygen atoms in total. The molecule has 0 spiro atoms. The van der Waals surface area contributed by atoms with Gasteiger partial charge in [-0.15, -0.1) is 0 Å². The topological polar surface area (TPSA) is 52.6 Å². The summed E-state index contributed by atoms with van der Waals surface area (Å²) in [6.45, 7) is 8.80. The van der Waals surface area contributed by atoms with E-state index in [1.54, 1.807) is 0 Å². The van der Waals surface area contributed by atoms with Crippen molar-refractivity contribution < 1.29 is 19.1 Å². The summed E-state index contributed by atoms with van der Waals surface area (Å²) in [5.74, 6) is 0.395. The number of esters is 2. The first-order chi connectivity index (χ1) is 11.0. The van der Waals surface area contributed by atoms with Crippen molar-refractivity contribution in [2.45, 2.75) is 53.4 Å². The fourth-order valence-electron chi connectivity index (χ4n) is 1.76. The first-order valence-corrected chi connectivity index (χ1v) is 8.34. The molecular formula is C19H30O4. The molecule has 0 aliphatic carbocycles. The molecule has 0 saturated carbocycles. The number of hydrogen-bond donors (Lipinski definition) is 0. The molecule has 0 atom stereocenters. The molecule has 1 rings (SSSR count). The molecule has 0 heterocycles. The van der Waals surface area contributed by atoms with Gasteiger partial charge in [-0.1, -0.05) is 44.2 Å². The predicted octanol–water partition coefficient (Wildman–Crippen LogP) is 4.17. The first-order valence-electron chi connectivity index (χ1n) is 8.34. The molecule has 130 valence electrons. The predicted molar refractivity (Wildman–Crippen MR) is 92.1 cm³/mol. The fourth-order valence-corrected chi connectivity index (χ4v) is 1.76. The van der Waals surface area contributed by atoms with E-state index in [1.807, 2.05) is 44.2 Å². The Bertz CT molecular complexity index is 426. The molecule has 0 amide bonds. The minimum absolute atomic E-state index is 0.0730. The Morgan fingerprint density at radius 3 is 1.91 bits per heavy atom. The second-order valence-corrected chi connectivity index (χ2v) is 5.53. The maximum absolute atomic E-state index is 11.0. The number of rotatable bonds is 8. The summed E-state index contributed by atoms with van der Waals surface area (Å²) in [6.07, 6.45) is 2.72. The molecule has 0 N–H and O–H groups in total. The van der Waals surface area contributed by atoms with Crippen molar-refractivity contribution in [1.29, 1.82) is 0 Å². The molecule has 0 aromatic heterocycles. The van der Waals surface area contributed by atoms with Crippen LogP contribution in [0, 0.1) is 5.92 Å². The molecule has 0 fully saturated rings. The Labute approximate surface area is 140 Å². The Morgan fingerprint density at radius 1 is 0.913 bits per heavy atom. The van der Waals surface area contributed by atoms with Crippen LogP contribution in [0.4, 0.5) is 0 Å². The average Bonchev–Trinajstić information content (AvgIpc) is 2.53. The number of carbonyl (C=O) groups is 2. The van der Waals surface area contributed by atoms with Gasteiger partial charge in [-0.2, -0.15) is 0 Å². The lowest BCUT2D eigenvalue weighted by molar-refractivity contribution is -0.144. The van der Waals surface area contributed by atoms with Crippen LogP contribution < -0.4 is 0 Å². The molecule has 0 unspecified atom stereocenters. The van der Waals surface area contributed by atoms with E-state index in [1.165, 1.54) is 5.56 Å². The van der Waals surface area contributed by atoms with Gasteiger partial charge < -0.3 is 9.47 Å². The summed E-state index contributed by atoms with van der Waals surface area (Å²) in [4.78, 5) is 21.7. The van der Waals surface area contributed by atoms with Crippen molar-refractivity contribution in [1.82, 2.24) is 0 Å². The average molecular weight is 322 g/mol. The highest BCUT2D eigenvalue weighted by molar-refractivity contribution is 5.69. The van der Waals surface area contributed by atoms with Crippen LogP contribution in [0.5, 0.6) is 0 Å². The normalized spacial score (nSPS) is 9.78. The maximum atomic E-state index is 11.0. The Hall–Kier alpha value is -1.84. The molecule has 0 bridgehead atoms. The van der Waals surface area contributed by atoms with E-state index in [2.05, 4.69) is 13.8 Å². The van der Waals surface area contributed by atoms with E-state index in [0.29, 0.717) is 32.0 Å². The molecule has 4 heteroatoms. The van der Waals surface area contributed by atoms with E-state index in [9.17, 15) is 9.59 Å². The smallest absolute Gasteiger partial charge is 0.306 e. The zero-order valence-corrected chi connectivity index (χ0v) is 14.8. The third-order valence-electron chi connectivity index (χ3n) is 3.00. The second kappa shape index (κ2) is 13.8. The van der Waals surface area contributed by atoms with E-state index < -0.39 is 0 Å². The highest BCUT2D eigenvalue weighted by Crippen LogP contribution is 2.04. The fraction of sp³-hybridized carbons (Fsp3) is 0.579. The van der Waals surface area contributed by atoms with Gasteiger partial charge in [-0.05, 0) is 38.2 Å². The van der Waals surface area contributed by atoms with E-state index in [4.69, 9.17) is 9.47 Å². The third-order valence-corrected chi connectivity index (χ3v) is 3.00. The van der Waals surface area contributed by atoms with Gasteiger partial charge in [0, 0.05) is 12.8 Å². The quantitative estimate of drug-likeness (QED) is 0.674. The van der Waals surface area contributed by atoms with Crippen LogP contribution in [0.2, 0.25) is 0 Å². The molecule has 0 radical (unpaired) electrons. The van der Waals surface area contributed by atoms with Crippen LogP contribution in [-0.2, 0) is 25.5 Å². The van der Waals surface area contributed by atoms with Crippen LogP contribution in [0.1, 0.15) is 52.5 Å². The second-order valence-electron chi connectivity index (χ2n) is 5.53. The summed E-state index contributed by atoms with van der Waals surface area (Å²) in [6, 6.07) is 9.94. The summed E-state index contributed by atoms with van der Waals surface area (Å²) >= 11 is 0. The van der Waals surface area contributed by atoms with Gasteiger partial charge in [0.1, 0.15) is 0 Å². The minimum atomic E-state index is -0.119. The number of hydrogen-bond acceptors (Lipinski definition) is 4. The molecule has 1 aromatic carbocycles. The van der Waals surface area contributed by atoms with Crippen LogP contribution >= 0.6 is 0 Å². The van der Waals surface area contributed by atoms with Crippen LogP contribution in [-0.4, -0.2) is 25.2 Å². The van der Waals surface area contributed by atoms with Gasteiger partial charge in [0.15, 0.2) is 0 Å². The van der Waals surface area contributed by atoms with Gasteiger partial charge in [-0.25, -0.2) is 0 Å². The largest absolute Gasteiger partial charge is 0.466 e. The first kappa shape index (κ1) is 21.2. The Balaban J connectivity index is 0.000000438. The highest BCUT2D eigenvalue weighted by Gasteiger charge is 2.02. The maximum Gasteiger partial charge on any atom is 0.306 e. The van der Waals surface area contributed by atoms with Crippen molar-refractivity contribution in [3.8, 4) is 0 Å². The Morgan fingerprint density at radius 2 is 1.43 bits per heavy atom. The lowest BCUT2D eigenvalue weighted by atomic mass is 10.1. The zero-order valence-electron chi connectivity index (χ0n) is 14.8. The molecular weight excluding hydrogens is 292 g/mol. The Kier molecular flexibility index (Phi) is 12.7. The van der Waals surface area contributed by atoms with Gasteiger partial charge in [-0.3, -0.25) is 9.59 Å². The SMILES string of the molecule is CCOC(=O)CCC(C)C.CCOC(=O)CCc1ccccc1. The van der Waals surface area contributed by atoms with Gasteiger partial charge in [0.25, 0.3) is 0 Å². The van der Waals surface area contributed by atoms with Crippen molar-refractivity contribution >= 4 is 11.9 Å². The number of ether oxygens (including phenoxy) is 2. The number of carbonyl (C=O) groups excluding carboxylic acids is 2. The summed E-state index contributed by atoms with van der Waals surface area (Å²) in [7, 11) is 0. The lowest BCUT2D eigenvalue weighted by Gasteiger charge is -2.03. The standard InChI is InChI=1S/C11H14O2.C8H16O2/c1-2-13-11(12)9-8-10-6-4-3-5-7-10;1-4-10-8(9)6-5-7(2)3/h3-7H,2,8-9H2,1H3;7H,4-6H2,1-3H3. The van der Waals surface area contributed by atoms with Gasteiger partial charge in [0.2, 0.25) is 0 Å². The van der Waals surface area contributed by atoms with Gasteiger partial charge in [0.05, 0.1) is 13.2 Å². The molecule has 23 heavy (non-hydrogen) atoms. The van der Waals surface area contributed by atoms with Crippen molar-refractivity contribution in [3.05, 3.63) is 35.9 Å². The van der Waals surface area contributed by atoms with Crippen LogP contribution in [0.15, 0.2) is 30.3 Å². The summed E-state index contributed by atoms with van der Waals surface area (Å²) in [5, 5.41) is 0. The summed E-state index contributed by atoms with van der Waals surface area (Å²) in [5.41, 5.74) is 1.18. The number of aryl methyl sites for hydroxylation is 1. The lowest BCUT2D eigenvalue weighted by Crippen LogP contribution is -2.04. The monoisotopic (exact) mass is 322 g/mol.